The Morgan fingerprint density at radius 1 is 1.03 bits per heavy atom. The van der Waals surface area contributed by atoms with Crippen molar-refractivity contribution in [3.8, 4) is 11.5 Å². The molecule has 1 N–H and O–H groups in total. The van der Waals surface area contributed by atoms with Crippen LogP contribution in [0, 0.1) is 6.92 Å². The number of nitrogens with zero attached hydrogens (tertiary/aromatic N) is 2. The molecule has 4 rings (SSSR count). The van der Waals surface area contributed by atoms with Crippen molar-refractivity contribution in [2.45, 2.75) is 26.8 Å². The second-order valence-electron chi connectivity index (χ2n) is 8.29. The number of carbonyl (C=O) groups excluding carboxylic acids is 2. The standard InChI is InChI=1S/C26H30N2O5/c1-4-27(5-2)12-13-28-23(18-8-6-17(3)7-9-18)22(25(30)26(28)31)24(29)19-10-11-20-21(16-19)33-15-14-32-20/h6-11,16,23,29H,4-5,12-15H2,1-3H3/b24-22+. The molecule has 2 aromatic rings. The highest BCUT2D eigenvalue weighted by atomic mass is 16.6. The number of ketones is 1. The highest BCUT2D eigenvalue weighted by Crippen LogP contribution is 2.41. The van der Waals surface area contributed by atoms with Crippen molar-refractivity contribution < 1.29 is 24.2 Å². The minimum Gasteiger partial charge on any atom is -0.507 e. The van der Waals surface area contributed by atoms with Gasteiger partial charge in [-0.15, -0.1) is 0 Å². The van der Waals surface area contributed by atoms with Gasteiger partial charge in [0.2, 0.25) is 0 Å². The number of aryl methyl sites for hydroxylation is 1. The van der Waals surface area contributed by atoms with Gasteiger partial charge in [-0.25, -0.2) is 0 Å². The lowest BCUT2D eigenvalue weighted by molar-refractivity contribution is -0.140. The van der Waals surface area contributed by atoms with Crippen LogP contribution in [-0.4, -0.2) is 66.0 Å². The zero-order chi connectivity index (χ0) is 23.5. The normalized spacial score (nSPS) is 19.4. The molecule has 2 aliphatic rings. The minimum absolute atomic E-state index is 0.0973. The molecule has 1 saturated heterocycles. The monoisotopic (exact) mass is 450 g/mol. The number of Topliss-reactive ketones (excluding diaryl/α,β-unsaturated/α-hetero) is 1. The van der Waals surface area contributed by atoms with E-state index >= 15 is 0 Å². The molecule has 2 aliphatic heterocycles. The van der Waals surface area contributed by atoms with Crippen LogP contribution in [0.5, 0.6) is 11.5 Å². The van der Waals surface area contributed by atoms with Gasteiger partial charge in [-0.3, -0.25) is 9.59 Å². The van der Waals surface area contributed by atoms with E-state index < -0.39 is 17.7 Å². The quantitative estimate of drug-likeness (QED) is 0.395. The first-order valence-corrected chi connectivity index (χ1v) is 11.4. The fourth-order valence-corrected chi connectivity index (χ4v) is 4.34. The van der Waals surface area contributed by atoms with Crippen LogP contribution >= 0.6 is 0 Å². The maximum atomic E-state index is 13.2. The Morgan fingerprint density at radius 2 is 1.70 bits per heavy atom. The van der Waals surface area contributed by atoms with E-state index in [1.165, 1.54) is 0 Å². The number of likely N-dealkylation sites (N-methyl/N-ethyl adjacent to an activating group) is 1. The molecule has 2 heterocycles. The predicted octanol–water partition coefficient (Wildman–Crippen LogP) is 3.53. The number of hydrogen-bond acceptors (Lipinski definition) is 6. The van der Waals surface area contributed by atoms with Gasteiger partial charge in [0.15, 0.2) is 11.5 Å². The second kappa shape index (κ2) is 9.67. The molecule has 7 nitrogen and oxygen atoms in total. The summed E-state index contributed by atoms with van der Waals surface area (Å²) in [7, 11) is 0. The van der Waals surface area contributed by atoms with Crippen molar-refractivity contribution >= 4 is 17.4 Å². The van der Waals surface area contributed by atoms with Crippen molar-refractivity contribution in [1.29, 1.82) is 0 Å². The highest BCUT2D eigenvalue weighted by molar-refractivity contribution is 6.46. The largest absolute Gasteiger partial charge is 0.507 e. The van der Waals surface area contributed by atoms with Crippen molar-refractivity contribution in [3.63, 3.8) is 0 Å². The Morgan fingerprint density at radius 3 is 2.36 bits per heavy atom. The smallest absolute Gasteiger partial charge is 0.295 e. The molecule has 7 heteroatoms. The molecular formula is C26H30N2O5. The lowest BCUT2D eigenvalue weighted by Crippen LogP contribution is -2.38. The molecule has 0 spiro atoms. The first-order chi connectivity index (χ1) is 15.9. The molecule has 1 amide bonds. The Balaban J connectivity index is 1.78. The zero-order valence-corrected chi connectivity index (χ0v) is 19.3. The van der Waals surface area contributed by atoms with E-state index in [0.29, 0.717) is 43.4 Å². The molecule has 0 saturated carbocycles. The maximum Gasteiger partial charge on any atom is 0.295 e. The number of fused-ring (bicyclic) bond motifs is 1. The first-order valence-electron chi connectivity index (χ1n) is 11.4. The average molecular weight is 451 g/mol. The zero-order valence-electron chi connectivity index (χ0n) is 19.3. The SMILES string of the molecule is CCN(CC)CCN1C(=O)C(=O)/C(=C(/O)c2ccc3c(c2)OCCO3)C1c1ccc(C)cc1. The molecule has 1 unspecified atom stereocenters. The van der Waals surface area contributed by atoms with E-state index in [1.807, 2.05) is 31.2 Å². The fourth-order valence-electron chi connectivity index (χ4n) is 4.34. The number of benzene rings is 2. The van der Waals surface area contributed by atoms with E-state index in [1.54, 1.807) is 23.1 Å². The molecule has 0 aliphatic carbocycles. The summed E-state index contributed by atoms with van der Waals surface area (Å²) in [5.41, 5.74) is 2.38. The van der Waals surface area contributed by atoms with Gasteiger partial charge >= 0.3 is 0 Å². The molecule has 1 atom stereocenters. The Bertz CT molecular complexity index is 1070. The number of amides is 1. The van der Waals surface area contributed by atoms with Gasteiger partial charge in [0.05, 0.1) is 11.6 Å². The van der Waals surface area contributed by atoms with E-state index in [9.17, 15) is 14.7 Å². The van der Waals surface area contributed by atoms with Gasteiger partial charge in [-0.05, 0) is 43.8 Å². The van der Waals surface area contributed by atoms with Gasteiger partial charge in [0, 0.05) is 18.7 Å². The second-order valence-corrected chi connectivity index (χ2v) is 8.29. The van der Waals surface area contributed by atoms with Crippen molar-refractivity contribution in [3.05, 3.63) is 64.7 Å². The summed E-state index contributed by atoms with van der Waals surface area (Å²) in [6, 6.07) is 12.1. The fraction of sp³-hybridized carbons (Fsp3) is 0.385. The molecular weight excluding hydrogens is 420 g/mol. The number of rotatable bonds is 7. The van der Waals surface area contributed by atoms with Crippen molar-refractivity contribution in [1.82, 2.24) is 9.80 Å². The third-order valence-electron chi connectivity index (χ3n) is 6.30. The van der Waals surface area contributed by atoms with Crippen molar-refractivity contribution in [2.24, 2.45) is 0 Å². The molecule has 174 valence electrons. The summed E-state index contributed by atoms with van der Waals surface area (Å²) in [6.07, 6.45) is 0. The first kappa shape index (κ1) is 22.9. The number of ether oxygens (including phenoxy) is 2. The summed E-state index contributed by atoms with van der Waals surface area (Å²) >= 11 is 0. The third kappa shape index (κ3) is 4.46. The van der Waals surface area contributed by atoms with Crippen LogP contribution in [0.1, 0.15) is 36.6 Å². The van der Waals surface area contributed by atoms with Gasteiger partial charge in [0.25, 0.3) is 11.7 Å². The predicted molar refractivity (Wildman–Crippen MR) is 125 cm³/mol. The van der Waals surface area contributed by atoms with E-state index in [-0.39, 0.29) is 11.3 Å². The molecule has 33 heavy (non-hydrogen) atoms. The lowest BCUT2D eigenvalue weighted by Gasteiger charge is -2.28. The topological polar surface area (TPSA) is 79.3 Å². The summed E-state index contributed by atoms with van der Waals surface area (Å²) in [4.78, 5) is 30.0. The minimum atomic E-state index is -0.674. The molecule has 1 fully saturated rings. The van der Waals surface area contributed by atoms with E-state index in [0.717, 1.165) is 24.2 Å². The van der Waals surface area contributed by atoms with Crippen LogP contribution in [0.3, 0.4) is 0 Å². The number of aliphatic hydroxyl groups is 1. The summed E-state index contributed by atoms with van der Waals surface area (Å²) in [5, 5.41) is 11.3. The number of carbonyl (C=O) groups is 2. The number of hydrogen-bond donors (Lipinski definition) is 1. The van der Waals surface area contributed by atoms with Crippen LogP contribution in [0.15, 0.2) is 48.0 Å². The molecule has 2 aromatic carbocycles. The Hall–Kier alpha value is -3.32. The van der Waals surface area contributed by atoms with E-state index in [2.05, 4.69) is 18.7 Å². The van der Waals surface area contributed by atoms with Crippen LogP contribution in [0.25, 0.3) is 5.76 Å². The average Bonchev–Trinajstić information content (AvgIpc) is 3.09. The highest BCUT2D eigenvalue weighted by Gasteiger charge is 2.46. The summed E-state index contributed by atoms with van der Waals surface area (Å²) in [6.45, 7) is 9.73. The molecule has 0 bridgehead atoms. The molecule has 0 aromatic heterocycles. The molecule has 0 radical (unpaired) electrons. The van der Waals surface area contributed by atoms with Crippen LogP contribution in [-0.2, 0) is 9.59 Å². The summed E-state index contributed by atoms with van der Waals surface area (Å²) in [5.74, 6) is -0.374. The third-order valence-corrected chi connectivity index (χ3v) is 6.30. The van der Waals surface area contributed by atoms with Crippen LogP contribution in [0.4, 0.5) is 0 Å². The Labute approximate surface area is 194 Å². The van der Waals surface area contributed by atoms with Gasteiger partial charge in [-0.1, -0.05) is 43.7 Å². The Kier molecular flexibility index (Phi) is 6.70. The van der Waals surface area contributed by atoms with E-state index in [4.69, 9.17) is 9.47 Å². The van der Waals surface area contributed by atoms with Gasteiger partial charge in [0.1, 0.15) is 19.0 Å². The van der Waals surface area contributed by atoms with Crippen molar-refractivity contribution in [2.75, 3.05) is 39.4 Å². The summed E-state index contributed by atoms with van der Waals surface area (Å²) < 4.78 is 11.2. The lowest BCUT2D eigenvalue weighted by atomic mass is 9.94. The number of likely N-dealkylation sites (tertiary alicyclic amines) is 1. The van der Waals surface area contributed by atoms with Gasteiger partial charge in [-0.2, -0.15) is 0 Å². The maximum absolute atomic E-state index is 13.2. The van der Waals surface area contributed by atoms with Crippen LogP contribution in [0.2, 0.25) is 0 Å². The van der Waals surface area contributed by atoms with Gasteiger partial charge < -0.3 is 24.4 Å². The number of aliphatic hydroxyl groups excluding tert-OH is 1. The van der Waals surface area contributed by atoms with Crippen LogP contribution < -0.4 is 9.47 Å².